The molecule has 0 aromatic heterocycles. The van der Waals surface area contributed by atoms with Gasteiger partial charge in [0.1, 0.15) is 0 Å². The van der Waals surface area contributed by atoms with E-state index in [0.717, 1.165) is 6.42 Å². The maximum atomic E-state index is 11.4. The van der Waals surface area contributed by atoms with Gasteiger partial charge in [-0.05, 0) is 13.3 Å². The minimum Gasteiger partial charge on any atom is -0.481 e. The van der Waals surface area contributed by atoms with Gasteiger partial charge in [0.2, 0.25) is 5.91 Å². The van der Waals surface area contributed by atoms with Gasteiger partial charge < -0.3 is 15.2 Å². The average molecular weight is 201 g/mol. The molecule has 0 aromatic rings. The number of carbonyl (C=O) groups is 2. The molecule has 1 heterocycles. The van der Waals surface area contributed by atoms with E-state index < -0.39 is 5.97 Å². The molecular formula is C9H15NO4. The fourth-order valence-corrected chi connectivity index (χ4v) is 1.44. The van der Waals surface area contributed by atoms with Gasteiger partial charge >= 0.3 is 5.97 Å². The Morgan fingerprint density at radius 2 is 2.29 bits per heavy atom. The van der Waals surface area contributed by atoms with Crippen molar-refractivity contribution in [3.05, 3.63) is 0 Å². The van der Waals surface area contributed by atoms with E-state index in [1.54, 1.807) is 0 Å². The quantitative estimate of drug-likeness (QED) is 0.671. The Bertz CT molecular complexity index is 229. The van der Waals surface area contributed by atoms with Crippen LogP contribution in [0.4, 0.5) is 0 Å². The van der Waals surface area contributed by atoms with Gasteiger partial charge in [0.15, 0.2) is 0 Å². The van der Waals surface area contributed by atoms with Crippen LogP contribution in [0.1, 0.15) is 19.8 Å². The minimum absolute atomic E-state index is 0.0329. The molecule has 1 amide bonds. The van der Waals surface area contributed by atoms with E-state index in [-0.39, 0.29) is 30.9 Å². The first-order valence-electron chi connectivity index (χ1n) is 4.70. The van der Waals surface area contributed by atoms with E-state index in [0.29, 0.717) is 6.61 Å². The lowest BCUT2D eigenvalue weighted by atomic mass is 10.1. The number of amides is 1. The maximum Gasteiger partial charge on any atom is 0.305 e. The average Bonchev–Trinajstić information content (AvgIpc) is 2.51. The van der Waals surface area contributed by atoms with Crippen LogP contribution in [0.3, 0.4) is 0 Å². The van der Waals surface area contributed by atoms with Gasteiger partial charge in [-0.1, -0.05) is 0 Å². The molecule has 5 heteroatoms. The van der Waals surface area contributed by atoms with Crippen molar-refractivity contribution in [2.75, 3.05) is 13.2 Å². The lowest BCUT2D eigenvalue weighted by Gasteiger charge is -2.07. The van der Waals surface area contributed by atoms with Gasteiger partial charge in [0.05, 0.1) is 25.0 Å². The molecule has 0 radical (unpaired) electrons. The van der Waals surface area contributed by atoms with Crippen LogP contribution in [0, 0.1) is 5.92 Å². The summed E-state index contributed by atoms with van der Waals surface area (Å²) >= 11 is 0. The molecule has 1 fully saturated rings. The van der Waals surface area contributed by atoms with Gasteiger partial charge in [-0.3, -0.25) is 9.59 Å². The second-order valence-electron chi connectivity index (χ2n) is 3.51. The highest BCUT2D eigenvalue weighted by atomic mass is 16.5. The molecule has 0 spiro atoms. The number of carboxylic acid groups (broad SMARTS) is 1. The van der Waals surface area contributed by atoms with Crippen LogP contribution in [-0.4, -0.2) is 36.2 Å². The van der Waals surface area contributed by atoms with Crippen molar-refractivity contribution in [2.45, 2.75) is 25.9 Å². The Morgan fingerprint density at radius 3 is 2.79 bits per heavy atom. The maximum absolute atomic E-state index is 11.4. The van der Waals surface area contributed by atoms with E-state index in [1.807, 2.05) is 6.92 Å². The molecule has 0 bridgehead atoms. The van der Waals surface area contributed by atoms with Crippen LogP contribution >= 0.6 is 0 Å². The molecule has 2 unspecified atom stereocenters. The summed E-state index contributed by atoms with van der Waals surface area (Å²) in [6.45, 7) is 2.56. The van der Waals surface area contributed by atoms with E-state index in [9.17, 15) is 9.59 Å². The Hall–Kier alpha value is -1.10. The predicted molar refractivity (Wildman–Crippen MR) is 48.8 cm³/mol. The number of rotatable bonds is 4. The molecule has 0 saturated carbocycles. The lowest BCUT2D eigenvalue weighted by Crippen LogP contribution is -2.32. The Morgan fingerprint density at radius 1 is 1.57 bits per heavy atom. The smallest absolute Gasteiger partial charge is 0.305 e. The van der Waals surface area contributed by atoms with Gasteiger partial charge in [-0.2, -0.15) is 0 Å². The van der Waals surface area contributed by atoms with Crippen LogP contribution in [0.25, 0.3) is 0 Å². The summed E-state index contributed by atoms with van der Waals surface area (Å²) in [6.07, 6.45) is 0.818. The van der Waals surface area contributed by atoms with Gasteiger partial charge in [-0.15, -0.1) is 0 Å². The summed E-state index contributed by atoms with van der Waals surface area (Å²) in [4.78, 5) is 21.6. The van der Waals surface area contributed by atoms with Crippen molar-refractivity contribution in [1.29, 1.82) is 0 Å². The van der Waals surface area contributed by atoms with Gasteiger partial charge in [0.25, 0.3) is 0 Å². The highest BCUT2D eigenvalue weighted by Gasteiger charge is 2.27. The zero-order valence-electron chi connectivity index (χ0n) is 8.16. The molecule has 0 aromatic carbocycles. The first kappa shape index (κ1) is 11.0. The normalized spacial score (nSPS) is 26.1. The van der Waals surface area contributed by atoms with Crippen molar-refractivity contribution in [1.82, 2.24) is 5.32 Å². The van der Waals surface area contributed by atoms with E-state index in [4.69, 9.17) is 9.84 Å². The van der Waals surface area contributed by atoms with Crippen molar-refractivity contribution in [3.63, 3.8) is 0 Å². The Labute approximate surface area is 82.4 Å². The largest absolute Gasteiger partial charge is 0.481 e. The molecule has 1 rings (SSSR count). The zero-order chi connectivity index (χ0) is 10.6. The molecule has 80 valence electrons. The van der Waals surface area contributed by atoms with Crippen molar-refractivity contribution in [3.8, 4) is 0 Å². The van der Waals surface area contributed by atoms with Crippen molar-refractivity contribution < 1.29 is 19.4 Å². The highest BCUT2D eigenvalue weighted by Crippen LogP contribution is 2.18. The number of aliphatic carboxylic acids is 1. The highest BCUT2D eigenvalue weighted by molar-refractivity contribution is 5.79. The van der Waals surface area contributed by atoms with E-state index >= 15 is 0 Å². The molecule has 2 N–H and O–H groups in total. The van der Waals surface area contributed by atoms with Crippen LogP contribution in [-0.2, 0) is 14.3 Å². The molecule has 14 heavy (non-hydrogen) atoms. The fourth-order valence-electron chi connectivity index (χ4n) is 1.44. The Kier molecular flexibility index (Phi) is 3.88. The minimum atomic E-state index is -0.902. The number of nitrogens with one attached hydrogen (secondary N) is 1. The fraction of sp³-hybridized carbons (Fsp3) is 0.778. The summed E-state index contributed by atoms with van der Waals surface area (Å²) in [5.41, 5.74) is 0. The molecule has 1 aliphatic rings. The number of ether oxygens (including phenoxy) is 1. The third-order valence-corrected chi connectivity index (χ3v) is 2.21. The molecule has 1 aliphatic heterocycles. The molecular weight excluding hydrogens is 186 g/mol. The number of hydrogen-bond donors (Lipinski definition) is 2. The zero-order valence-corrected chi connectivity index (χ0v) is 8.16. The number of carboxylic acids is 1. The third-order valence-electron chi connectivity index (χ3n) is 2.21. The second-order valence-corrected chi connectivity index (χ2v) is 3.51. The summed E-state index contributed by atoms with van der Waals surface area (Å²) in [5.74, 6) is -1.12. The first-order valence-corrected chi connectivity index (χ1v) is 4.70. The van der Waals surface area contributed by atoms with Gasteiger partial charge in [0, 0.05) is 6.54 Å². The second kappa shape index (κ2) is 4.95. The van der Waals surface area contributed by atoms with E-state index in [2.05, 4.69) is 5.32 Å². The monoisotopic (exact) mass is 201 g/mol. The van der Waals surface area contributed by atoms with Crippen LogP contribution in [0.2, 0.25) is 0 Å². The SMILES string of the molecule is CC1CC(C(=O)NCCC(=O)O)CO1. The summed E-state index contributed by atoms with van der Waals surface area (Å²) in [6, 6.07) is 0. The molecule has 5 nitrogen and oxygen atoms in total. The predicted octanol–water partition coefficient (Wildman–Crippen LogP) is 0.00230. The number of hydrogen-bond acceptors (Lipinski definition) is 3. The van der Waals surface area contributed by atoms with Crippen LogP contribution < -0.4 is 5.32 Å². The van der Waals surface area contributed by atoms with E-state index in [1.165, 1.54) is 0 Å². The first-order chi connectivity index (χ1) is 6.59. The topological polar surface area (TPSA) is 75.6 Å². The van der Waals surface area contributed by atoms with Crippen molar-refractivity contribution in [2.24, 2.45) is 5.92 Å². The summed E-state index contributed by atoms with van der Waals surface area (Å²) in [5, 5.41) is 10.9. The Balaban J connectivity index is 2.18. The van der Waals surface area contributed by atoms with Crippen LogP contribution in [0.5, 0.6) is 0 Å². The third kappa shape index (κ3) is 3.33. The molecule has 1 saturated heterocycles. The lowest BCUT2D eigenvalue weighted by molar-refractivity contribution is -0.137. The van der Waals surface area contributed by atoms with Crippen molar-refractivity contribution >= 4 is 11.9 Å². The number of carbonyl (C=O) groups excluding carboxylic acids is 1. The summed E-state index contributed by atoms with van der Waals surface area (Å²) < 4.78 is 5.24. The van der Waals surface area contributed by atoms with Gasteiger partial charge in [-0.25, -0.2) is 0 Å². The molecule has 0 aliphatic carbocycles. The molecule has 2 atom stereocenters. The summed E-state index contributed by atoms with van der Waals surface area (Å²) in [7, 11) is 0. The van der Waals surface area contributed by atoms with Crippen LogP contribution in [0.15, 0.2) is 0 Å². The standard InChI is InChI=1S/C9H15NO4/c1-6-4-7(5-14-6)9(13)10-3-2-8(11)12/h6-7H,2-5H2,1H3,(H,10,13)(H,11,12).